The summed E-state index contributed by atoms with van der Waals surface area (Å²) >= 11 is 8.50. The number of thiocarbonyl (C=S) groups is 1. The molecule has 0 aromatic heterocycles. The first-order valence-corrected chi connectivity index (χ1v) is 10.1. The minimum atomic E-state index is -1.10. The van der Waals surface area contributed by atoms with Crippen LogP contribution in [0.25, 0.3) is 6.08 Å². The number of rotatable bonds is 6. The van der Waals surface area contributed by atoms with Crippen LogP contribution in [-0.4, -0.2) is 34.6 Å². The van der Waals surface area contributed by atoms with Gasteiger partial charge in [-0.05, 0) is 76.0 Å². The molecule has 30 heavy (non-hydrogen) atoms. The molecule has 1 aliphatic heterocycles. The summed E-state index contributed by atoms with van der Waals surface area (Å²) in [5.41, 5.74) is 2.15. The van der Waals surface area contributed by atoms with Gasteiger partial charge in [-0.2, -0.15) is 0 Å². The highest BCUT2D eigenvalue weighted by atomic mass is 79.9. The number of aryl methyl sites for hydroxylation is 1. The molecule has 0 saturated carbocycles. The Balaban J connectivity index is 1.90. The van der Waals surface area contributed by atoms with Gasteiger partial charge in [0.2, 0.25) is 0 Å². The smallest absolute Gasteiger partial charge is 0.341 e. The minimum absolute atomic E-state index is 0.0185. The fourth-order valence-corrected chi connectivity index (χ4v) is 3.59. The molecular weight excluding hydrogens is 472 g/mol. The van der Waals surface area contributed by atoms with Crippen LogP contribution in [0.1, 0.15) is 18.1 Å². The monoisotopic (exact) mass is 488 g/mol. The third-order valence-electron chi connectivity index (χ3n) is 4.32. The Hall–Kier alpha value is -3.04. The summed E-state index contributed by atoms with van der Waals surface area (Å²) in [6, 6.07) is 12.2. The third-order valence-corrected chi connectivity index (χ3v) is 5.23. The zero-order valence-electron chi connectivity index (χ0n) is 15.8. The fraction of sp³-hybridized carbons (Fsp3) is 0.143. The normalized spacial score (nSPS) is 15.3. The van der Waals surface area contributed by atoms with Crippen molar-refractivity contribution >= 4 is 62.8 Å². The number of aliphatic carboxylic acids is 1. The summed E-state index contributed by atoms with van der Waals surface area (Å²) in [5, 5.41) is 11.3. The molecule has 2 amide bonds. The van der Waals surface area contributed by atoms with Crippen molar-refractivity contribution in [3.63, 3.8) is 0 Å². The SMILES string of the molecule is CCc1ccc(N2C(=O)C(=Cc3ccc(OCC(=O)O)c(Br)c3)C(=O)NC2=S)cc1. The molecule has 1 fully saturated rings. The number of anilines is 1. The summed E-state index contributed by atoms with van der Waals surface area (Å²) in [6.07, 6.45) is 2.31. The Labute approximate surface area is 186 Å². The fourth-order valence-electron chi connectivity index (χ4n) is 2.80. The number of carbonyl (C=O) groups excluding carboxylic acids is 2. The topological polar surface area (TPSA) is 95.9 Å². The highest BCUT2D eigenvalue weighted by Crippen LogP contribution is 2.28. The number of carboxylic acids is 1. The molecule has 2 aromatic rings. The van der Waals surface area contributed by atoms with Crippen LogP contribution in [0.3, 0.4) is 0 Å². The second-order valence-corrected chi connectivity index (χ2v) is 7.59. The molecule has 0 aliphatic carbocycles. The number of carbonyl (C=O) groups is 3. The molecular formula is C21H17BrN2O5S. The maximum absolute atomic E-state index is 13.0. The van der Waals surface area contributed by atoms with Crippen molar-refractivity contribution in [1.29, 1.82) is 0 Å². The molecule has 0 spiro atoms. The van der Waals surface area contributed by atoms with Crippen molar-refractivity contribution in [2.24, 2.45) is 0 Å². The van der Waals surface area contributed by atoms with Crippen molar-refractivity contribution in [1.82, 2.24) is 5.32 Å². The number of nitrogens with zero attached hydrogens (tertiary/aromatic N) is 1. The van der Waals surface area contributed by atoms with Crippen molar-refractivity contribution < 1.29 is 24.2 Å². The summed E-state index contributed by atoms with van der Waals surface area (Å²) < 4.78 is 5.64. The quantitative estimate of drug-likeness (QED) is 0.367. The molecule has 3 rings (SSSR count). The third kappa shape index (κ3) is 4.74. The van der Waals surface area contributed by atoms with Gasteiger partial charge < -0.3 is 9.84 Å². The molecule has 0 atom stereocenters. The van der Waals surface area contributed by atoms with Crippen molar-refractivity contribution in [3.05, 3.63) is 63.6 Å². The number of hydrogen-bond donors (Lipinski definition) is 2. The molecule has 0 radical (unpaired) electrons. The van der Waals surface area contributed by atoms with Gasteiger partial charge in [-0.15, -0.1) is 0 Å². The van der Waals surface area contributed by atoms with Gasteiger partial charge in [0.1, 0.15) is 11.3 Å². The molecule has 2 N–H and O–H groups in total. The van der Waals surface area contributed by atoms with Crippen LogP contribution in [0.15, 0.2) is 52.5 Å². The van der Waals surface area contributed by atoms with Crippen LogP contribution in [-0.2, 0) is 20.8 Å². The lowest BCUT2D eigenvalue weighted by atomic mass is 10.1. The van der Waals surface area contributed by atoms with Gasteiger partial charge >= 0.3 is 5.97 Å². The predicted octanol–water partition coefficient (Wildman–Crippen LogP) is 3.31. The van der Waals surface area contributed by atoms with Gasteiger partial charge in [-0.3, -0.25) is 19.8 Å². The van der Waals surface area contributed by atoms with Crippen molar-refractivity contribution in [3.8, 4) is 5.75 Å². The number of benzene rings is 2. The van der Waals surface area contributed by atoms with E-state index in [4.69, 9.17) is 22.1 Å². The Morgan fingerprint density at radius 2 is 1.93 bits per heavy atom. The summed E-state index contributed by atoms with van der Waals surface area (Å²) in [5.74, 6) is -1.89. The van der Waals surface area contributed by atoms with E-state index in [1.807, 2.05) is 19.1 Å². The number of carboxylic acid groups (broad SMARTS) is 1. The van der Waals surface area contributed by atoms with E-state index in [1.54, 1.807) is 30.3 Å². The van der Waals surface area contributed by atoms with Crippen LogP contribution in [0.4, 0.5) is 5.69 Å². The molecule has 0 unspecified atom stereocenters. The Bertz CT molecular complexity index is 1070. The standard InChI is InChI=1S/C21H17BrN2O5S/c1-2-12-3-6-14(7-4-12)24-20(28)15(19(27)23-21(24)30)9-13-5-8-17(16(22)10-13)29-11-18(25)26/h3-10H,2,11H2,1H3,(H,25,26)(H,23,27,30). The highest BCUT2D eigenvalue weighted by molar-refractivity contribution is 9.10. The van der Waals surface area contributed by atoms with E-state index >= 15 is 0 Å². The van der Waals surface area contributed by atoms with E-state index in [0.717, 1.165) is 12.0 Å². The molecule has 1 aliphatic rings. The second kappa shape index (κ2) is 9.19. The van der Waals surface area contributed by atoms with E-state index in [0.29, 0.717) is 21.5 Å². The van der Waals surface area contributed by atoms with E-state index in [-0.39, 0.29) is 10.7 Å². The predicted molar refractivity (Wildman–Crippen MR) is 119 cm³/mol. The van der Waals surface area contributed by atoms with Gasteiger partial charge in [0.15, 0.2) is 11.7 Å². The largest absolute Gasteiger partial charge is 0.481 e. The average molecular weight is 489 g/mol. The molecule has 0 bridgehead atoms. The molecule has 7 nitrogen and oxygen atoms in total. The zero-order valence-corrected chi connectivity index (χ0v) is 18.2. The van der Waals surface area contributed by atoms with Crippen LogP contribution < -0.4 is 15.0 Å². The van der Waals surface area contributed by atoms with E-state index in [2.05, 4.69) is 21.2 Å². The number of hydrogen-bond acceptors (Lipinski definition) is 5. The minimum Gasteiger partial charge on any atom is -0.481 e. The first-order valence-electron chi connectivity index (χ1n) is 8.94. The number of halogens is 1. The number of nitrogens with one attached hydrogen (secondary N) is 1. The van der Waals surface area contributed by atoms with Crippen LogP contribution in [0, 0.1) is 0 Å². The Kier molecular flexibility index (Phi) is 6.63. The molecule has 9 heteroatoms. The van der Waals surface area contributed by atoms with Crippen molar-refractivity contribution in [2.45, 2.75) is 13.3 Å². The first kappa shape index (κ1) is 21.7. The lowest BCUT2D eigenvalue weighted by molar-refractivity contribution is -0.139. The highest BCUT2D eigenvalue weighted by Gasteiger charge is 2.34. The van der Waals surface area contributed by atoms with E-state index in [1.165, 1.54) is 11.0 Å². The number of ether oxygens (including phenoxy) is 1. The molecule has 2 aromatic carbocycles. The van der Waals surface area contributed by atoms with Crippen molar-refractivity contribution in [2.75, 3.05) is 11.5 Å². The van der Waals surface area contributed by atoms with Crippen LogP contribution in [0.5, 0.6) is 5.75 Å². The Morgan fingerprint density at radius 1 is 1.23 bits per heavy atom. The van der Waals surface area contributed by atoms with Gasteiger partial charge in [0.05, 0.1) is 10.2 Å². The van der Waals surface area contributed by atoms with Crippen LogP contribution >= 0.6 is 28.1 Å². The van der Waals surface area contributed by atoms with E-state index < -0.39 is 24.4 Å². The maximum Gasteiger partial charge on any atom is 0.341 e. The van der Waals surface area contributed by atoms with Gasteiger partial charge in [0, 0.05) is 0 Å². The Morgan fingerprint density at radius 3 is 2.53 bits per heavy atom. The average Bonchev–Trinajstić information content (AvgIpc) is 2.70. The van der Waals surface area contributed by atoms with Gasteiger partial charge in [-0.25, -0.2) is 4.79 Å². The number of amides is 2. The first-order chi connectivity index (χ1) is 14.3. The molecule has 1 saturated heterocycles. The lowest BCUT2D eigenvalue weighted by Gasteiger charge is -2.29. The lowest BCUT2D eigenvalue weighted by Crippen LogP contribution is -2.54. The second-order valence-electron chi connectivity index (χ2n) is 6.35. The van der Waals surface area contributed by atoms with Crippen LogP contribution in [0.2, 0.25) is 0 Å². The summed E-state index contributed by atoms with van der Waals surface area (Å²) in [6.45, 7) is 1.55. The summed E-state index contributed by atoms with van der Waals surface area (Å²) in [7, 11) is 0. The van der Waals surface area contributed by atoms with Gasteiger partial charge in [0.25, 0.3) is 11.8 Å². The van der Waals surface area contributed by atoms with E-state index in [9.17, 15) is 14.4 Å². The zero-order chi connectivity index (χ0) is 21.8. The maximum atomic E-state index is 13.0. The van der Waals surface area contributed by atoms with Gasteiger partial charge in [-0.1, -0.05) is 25.1 Å². The summed E-state index contributed by atoms with van der Waals surface area (Å²) in [4.78, 5) is 37.4. The molecule has 154 valence electrons. The molecule has 1 heterocycles.